The third-order valence-electron chi connectivity index (χ3n) is 4.08. The van der Waals surface area contributed by atoms with E-state index in [-0.39, 0.29) is 11.7 Å². The van der Waals surface area contributed by atoms with Gasteiger partial charge in [0.25, 0.3) is 0 Å². The Balaban J connectivity index is 1.40. The van der Waals surface area contributed by atoms with E-state index in [1.807, 2.05) is 0 Å². The van der Waals surface area contributed by atoms with Crippen LogP contribution in [-0.2, 0) is 4.79 Å². The van der Waals surface area contributed by atoms with Crippen LogP contribution in [0.3, 0.4) is 0 Å². The van der Waals surface area contributed by atoms with Crippen LogP contribution in [0.5, 0.6) is 0 Å². The highest BCUT2D eigenvalue weighted by molar-refractivity contribution is 5.90. The van der Waals surface area contributed by atoms with Gasteiger partial charge in [-0.2, -0.15) is 0 Å². The van der Waals surface area contributed by atoms with E-state index >= 15 is 0 Å². The van der Waals surface area contributed by atoms with E-state index < -0.39 is 0 Å². The van der Waals surface area contributed by atoms with Gasteiger partial charge in [-0.05, 0) is 44.1 Å². The highest BCUT2D eigenvalue weighted by Gasteiger charge is 2.24. The van der Waals surface area contributed by atoms with Crippen molar-refractivity contribution in [3.05, 3.63) is 42.4 Å². The molecule has 2 aromatic rings. The molecule has 1 aromatic carbocycles. The maximum absolute atomic E-state index is 13.1. The SMILES string of the molecule is O=C(CCN1CCC(c2nnco2)CC1)Nc1cccc(F)c1. The highest BCUT2D eigenvalue weighted by Crippen LogP contribution is 2.26. The van der Waals surface area contributed by atoms with Crippen molar-refractivity contribution < 1.29 is 13.6 Å². The topological polar surface area (TPSA) is 71.3 Å². The third-order valence-corrected chi connectivity index (χ3v) is 4.08. The normalized spacial score (nSPS) is 16.4. The van der Waals surface area contributed by atoms with Gasteiger partial charge < -0.3 is 14.6 Å². The number of rotatable bonds is 5. The van der Waals surface area contributed by atoms with Crippen LogP contribution >= 0.6 is 0 Å². The molecule has 0 aliphatic carbocycles. The number of nitrogens with one attached hydrogen (secondary N) is 1. The molecule has 1 saturated heterocycles. The molecule has 23 heavy (non-hydrogen) atoms. The number of carbonyl (C=O) groups is 1. The molecule has 0 radical (unpaired) electrons. The summed E-state index contributed by atoms with van der Waals surface area (Å²) in [4.78, 5) is 14.2. The van der Waals surface area contributed by atoms with Gasteiger partial charge in [0.1, 0.15) is 5.82 Å². The Morgan fingerprint density at radius 1 is 1.39 bits per heavy atom. The van der Waals surface area contributed by atoms with E-state index in [1.165, 1.54) is 18.5 Å². The van der Waals surface area contributed by atoms with Crippen LogP contribution in [-0.4, -0.2) is 40.6 Å². The monoisotopic (exact) mass is 318 g/mol. The van der Waals surface area contributed by atoms with Crippen molar-refractivity contribution in [3.8, 4) is 0 Å². The van der Waals surface area contributed by atoms with E-state index in [1.54, 1.807) is 12.1 Å². The van der Waals surface area contributed by atoms with Gasteiger partial charge in [0.15, 0.2) is 0 Å². The molecule has 1 fully saturated rings. The second-order valence-corrected chi connectivity index (χ2v) is 5.70. The van der Waals surface area contributed by atoms with Gasteiger partial charge in [0.05, 0.1) is 0 Å². The fraction of sp³-hybridized carbons (Fsp3) is 0.438. The van der Waals surface area contributed by atoms with Gasteiger partial charge in [-0.1, -0.05) is 6.07 Å². The number of piperidine rings is 1. The number of anilines is 1. The van der Waals surface area contributed by atoms with Crippen molar-refractivity contribution in [1.82, 2.24) is 15.1 Å². The number of nitrogens with zero attached hydrogens (tertiary/aromatic N) is 3. The van der Waals surface area contributed by atoms with Crippen molar-refractivity contribution in [2.45, 2.75) is 25.2 Å². The molecule has 1 amide bonds. The van der Waals surface area contributed by atoms with E-state index in [0.717, 1.165) is 25.9 Å². The van der Waals surface area contributed by atoms with Gasteiger partial charge in [0, 0.05) is 24.6 Å². The number of halogens is 1. The van der Waals surface area contributed by atoms with Crippen molar-refractivity contribution >= 4 is 11.6 Å². The molecule has 0 saturated carbocycles. The molecule has 7 heteroatoms. The summed E-state index contributed by atoms with van der Waals surface area (Å²) in [5, 5.41) is 10.4. The Bertz CT molecular complexity index is 639. The average molecular weight is 318 g/mol. The Hall–Kier alpha value is -2.28. The molecule has 0 bridgehead atoms. The number of likely N-dealkylation sites (tertiary alicyclic amines) is 1. The van der Waals surface area contributed by atoms with Crippen LogP contribution < -0.4 is 5.32 Å². The molecule has 1 aliphatic rings. The van der Waals surface area contributed by atoms with E-state index in [0.29, 0.717) is 30.5 Å². The summed E-state index contributed by atoms with van der Waals surface area (Å²) in [6, 6.07) is 5.92. The quantitative estimate of drug-likeness (QED) is 0.916. The minimum atomic E-state index is -0.356. The van der Waals surface area contributed by atoms with Crippen LogP contribution in [0.15, 0.2) is 35.1 Å². The van der Waals surface area contributed by atoms with E-state index in [4.69, 9.17) is 4.42 Å². The first-order valence-corrected chi connectivity index (χ1v) is 7.74. The molecule has 0 unspecified atom stereocenters. The second-order valence-electron chi connectivity index (χ2n) is 5.70. The first-order valence-electron chi connectivity index (χ1n) is 7.74. The molecular formula is C16H19FN4O2. The summed E-state index contributed by atoms with van der Waals surface area (Å²) >= 11 is 0. The Morgan fingerprint density at radius 2 is 2.22 bits per heavy atom. The summed E-state index contributed by atoms with van der Waals surface area (Å²) < 4.78 is 18.3. The van der Waals surface area contributed by atoms with E-state index in [2.05, 4.69) is 20.4 Å². The smallest absolute Gasteiger partial charge is 0.225 e. The minimum Gasteiger partial charge on any atom is -0.428 e. The Morgan fingerprint density at radius 3 is 2.91 bits per heavy atom. The standard InChI is InChI=1S/C16H19FN4O2/c17-13-2-1-3-14(10-13)19-15(22)6-9-21-7-4-12(5-8-21)16-20-18-11-23-16/h1-3,10-12H,4-9H2,(H,19,22). The Labute approximate surface area is 133 Å². The zero-order valence-electron chi connectivity index (χ0n) is 12.7. The average Bonchev–Trinajstić information content (AvgIpc) is 3.08. The molecule has 2 heterocycles. The molecule has 0 spiro atoms. The number of carbonyl (C=O) groups excluding carboxylic acids is 1. The number of amides is 1. The molecule has 3 rings (SSSR count). The molecule has 0 atom stereocenters. The summed E-state index contributed by atoms with van der Waals surface area (Å²) in [7, 11) is 0. The van der Waals surface area contributed by atoms with Crippen molar-refractivity contribution in [2.24, 2.45) is 0 Å². The molecule has 1 N–H and O–H groups in total. The number of hydrogen-bond donors (Lipinski definition) is 1. The maximum Gasteiger partial charge on any atom is 0.225 e. The van der Waals surface area contributed by atoms with Crippen LogP contribution in [0.2, 0.25) is 0 Å². The molecular weight excluding hydrogens is 299 g/mol. The molecule has 122 valence electrons. The molecule has 1 aliphatic heterocycles. The fourth-order valence-corrected chi connectivity index (χ4v) is 2.81. The lowest BCUT2D eigenvalue weighted by Gasteiger charge is -2.30. The lowest BCUT2D eigenvalue weighted by molar-refractivity contribution is -0.116. The first-order chi connectivity index (χ1) is 11.2. The summed E-state index contributed by atoms with van der Waals surface area (Å²) in [6.07, 6.45) is 3.65. The Kier molecular flexibility index (Phi) is 4.97. The third kappa shape index (κ3) is 4.35. The maximum atomic E-state index is 13.1. The first kappa shape index (κ1) is 15.6. The van der Waals surface area contributed by atoms with Gasteiger partial charge >= 0.3 is 0 Å². The predicted molar refractivity (Wildman–Crippen MR) is 82.4 cm³/mol. The predicted octanol–water partition coefficient (Wildman–Crippen LogP) is 2.42. The van der Waals surface area contributed by atoms with Crippen LogP contribution in [0.4, 0.5) is 10.1 Å². The number of aromatic nitrogens is 2. The summed E-state index contributed by atoms with van der Waals surface area (Å²) in [5.41, 5.74) is 0.491. The summed E-state index contributed by atoms with van der Waals surface area (Å²) in [6.45, 7) is 2.50. The number of benzene rings is 1. The fourth-order valence-electron chi connectivity index (χ4n) is 2.81. The van der Waals surface area contributed by atoms with Gasteiger partial charge in [-0.15, -0.1) is 10.2 Å². The van der Waals surface area contributed by atoms with Crippen molar-refractivity contribution in [2.75, 3.05) is 25.0 Å². The van der Waals surface area contributed by atoms with Crippen LogP contribution in [0.25, 0.3) is 0 Å². The molecule has 6 nitrogen and oxygen atoms in total. The van der Waals surface area contributed by atoms with E-state index in [9.17, 15) is 9.18 Å². The van der Waals surface area contributed by atoms with Gasteiger partial charge in [0.2, 0.25) is 18.2 Å². The summed E-state index contributed by atoms with van der Waals surface area (Å²) in [5.74, 6) is 0.559. The van der Waals surface area contributed by atoms with Crippen LogP contribution in [0, 0.1) is 5.82 Å². The number of hydrogen-bond acceptors (Lipinski definition) is 5. The largest absolute Gasteiger partial charge is 0.428 e. The lowest BCUT2D eigenvalue weighted by Crippen LogP contribution is -2.35. The second kappa shape index (κ2) is 7.32. The minimum absolute atomic E-state index is 0.102. The molecule has 1 aromatic heterocycles. The van der Waals surface area contributed by atoms with Gasteiger partial charge in [-0.3, -0.25) is 4.79 Å². The zero-order chi connectivity index (χ0) is 16.1. The lowest BCUT2D eigenvalue weighted by atomic mass is 9.97. The highest BCUT2D eigenvalue weighted by atomic mass is 19.1. The van der Waals surface area contributed by atoms with Crippen LogP contribution in [0.1, 0.15) is 31.1 Å². The van der Waals surface area contributed by atoms with Crippen molar-refractivity contribution in [1.29, 1.82) is 0 Å². The van der Waals surface area contributed by atoms with Gasteiger partial charge in [-0.25, -0.2) is 4.39 Å². The zero-order valence-corrected chi connectivity index (χ0v) is 12.7. The van der Waals surface area contributed by atoms with Crippen molar-refractivity contribution in [3.63, 3.8) is 0 Å².